The highest BCUT2D eigenvalue weighted by Gasteiger charge is 2.23. The predicted molar refractivity (Wildman–Crippen MR) is 69.1 cm³/mol. The van der Waals surface area contributed by atoms with E-state index in [2.05, 4.69) is 21.0 Å². The number of hydrogen-bond acceptors (Lipinski definition) is 4. The van der Waals surface area contributed by atoms with Crippen LogP contribution in [0.25, 0.3) is 0 Å². The van der Waals surface area contributed by atoms with E-state index in [4.69, 9.17) is 10.5 Å². The van der Waals surface area contributed by atoms with Crippen molar-refractivity contribution in [2.24, 2.45) is 5.73 Å². The molecule has 96 valence electrons. The Morgan fingerprint density at radius 1 is 1.65 bits per heavy atom. The SMILES string of the molecule is COCCC(N)C(=O)c1c(Br)cnn1C(C)C. The number of methoxy groups -OCH3 is 1. The molecule has 6 heteroatoms. The van der Waals surface area contributed by atoms with Gasteiger partial charge in [-0.15, -0.1) is 0 Å². The molecular formula is C11H18BrN3O2. The summed E-state index contributed by atoms with van der Waals surface area (Å²) in [5, 5.41) is 4.16. The highest BCUT2D eigenvalue weighted by Crippen LogP contribution is 2.21. The van der Waals surface area contributed by atoms with Gasteiger partial charge in [0.25, 0.3) is 0 Å². The van der Waals surface area contributed by atoms with Crippen LogP contribution >= 0.6 is 15.9 Å². The molecule has 0 aromatic carbocycles. The zero-order valence-corrected chi connectivity index (χ0v) is 11.9. The largest absolute Gasteiger partial charge is 0.385 e. The van der Waals surface area contributed by atoms with Gasteiger partial charge < -0.3 is 10.5 Å². The first-order chi connectivity index (χ1) is 7.99. The van der Waals surface area contributed by atoms with Gasteiger partial charge in [0.05, 0.1) is 16.7 Å². The second kappa shape index (κ2) is 6.28. The van der Waals surface area contributed by atoms with Crippen molar-refractivity contribution in [3.63, 3.8) is 0 Å². The Balaban J connectivity index is 2.91. The number of halogens is 1. The van der Waals surface area contributed by atoms with E-state index in [0.29, 0.717) is 23.2 Å². The van der Waals surface area contributed by atoms with Crippen LogP contribution in [0.3, 0.4) is 0 Å². The monoisotopic (exact) mass is 303 g/mol. The van der Waals surface area contributed by atoms with Crippen LogP contribution < -0.4 is 5.73 Å². The summed E-state index contributed by atoms with van der Waals surface area (Å²) in [6, 6.07) is -0.435. The smallest absolute Gasteiger partial charge is 0.198 e. The van der Waals surface area contributed by atoms with Gasteiger partial charge in [-0.05, 0) is 36.2 Å². The molecule has 0 aliphatic rings. The predicted octanol–water partition coefficient (Wildman–Crippen LogP) is 1.77. The number of Topliss-reactive ketones (excluding diaryl/α,β-unsaturated/α-hetero) is 1. The summed E-state index contributed by atoms with van der Waals surface area (Å²) in [5.41, 5.74) is 6.37. The standard InChI is InChI=1S/C11H18BrN3O2/c1-7(2)15-10(8(12)6-14-15)11(16)9(13)4-5-17-3/h6-7,9H,4-5,13H2,1-3H3. The first-order valence-electron chi connectivity index (χ1n) is 5.50. The van der Waals surface area contributed by atoms with Gasteiger partial charge >= 0.3 is 0 Å². The Kier molecular flexibility index (Phi) is 5.30. The lowest BCUT2D eigenvalue weighted by Gasteiger charge is -2.14. The molecule has 0 amide bonds. The molecule has 17 heavy (non-hydrogen) atoms. The fourth-order valence-corrected chi connectivity index (χ4v) is 1.98. The van der Waals surface area contributed by atoms with E-state index < -0.39 is 6.04 Å². The first-order valence-corrected chi connectivity index (χ1v) is 6.30. The Bertz CT molecular complexity index is 390. The minimum absolute atomic E-state index is 0.111. The van der Waals surface area contributed by atoms with Crippen molar-refractivity contribution in [3.8, 4) is 0 Å². The zero-order valence-electron chi connectivity index (χ0n) is 10.3. The van der Waals surface area contributed by atoms with E-state index in [1.165, 1.54) is 0 Å². The van der Waals surface area contributed by atoms with Gasteiger partial charge in [-0.3, -0.25) is 9.48 Å². The molecule has 5 nitrogen and oxygen atoms in total. The number of ketones is 1. The lowest BCUT2D eigenvalue weighted by molar-refractivity contribution is 0.0922. The molecule has 0 radical (unpaired) electrons. The number of hydrogen-bond donors (Lipinski definition) is 1. The van der Waals surface area contributed by atoms with Crippen LogP contribution in [0, 0.1) is 0 Å². The van der Waals surface area contributed by atoms with E-state index in [9.17, 15) is 4.79 Å². The fraction of sp³-hybridized carbons (Fsp3) is 0.636. The van der Waals surface area contributed by atoms with Gasteiger partial charge in [-0.2, -0.15) is 5.10 Å². The summed E-state index contributed by atoms with van der Waals surface area (Å²) in [6.45, 7) is 4.41. The van der Waals surface area contributed by atoms with Crippen LogP contribution in [0.2, 0.25) is 0 Å². The summed E-state index contributed by atoms with van der Waals surface area (Å²) in [5.74, 6) is -0.111. The van der Waals surface area contributed by atoms with Crippen LogP contribution in [0.15, 0.2) is 10.7 Å². The molecule has 0 saturated heterocycles. The highest BCUT2D eigenvalue weighted by molar-refractivity contribution is 9.10. The van der Waals surface area contributed by atoms with Crippen molar-refractivity contribution in [3.05, 3.63) is 16.4 Å². The summed E-state index contributed by atoms with van der Waals surface area (Å²) >= 11 is 3.33. The van der Waals surface area contributed by atoms with Crippen LogP contribution in [-0.4, -0.2) is 35.3 Å². The number of nitrogens with two attached hydrogens (primary N) is 1. The number of carbonyl (C=O) groups excluding carboxylic acids is 1. The maximum absolute atomic E-state index is 12.2. The van der Waals surface area contributed by atoms with Gasteiger partial charge in [0.15, 0.2) is 5.78 Å². The average Bonchev–Trinajstić information content (AvgIpc) is 2.67. The molecule has 0 fully saturated rings. The second-order valence-electron chi connectivity index (χ2n) is 4.13. The Morgan fingerprint density at radius 2 is 2.29 bits per heavy atom. The molecule has 0 aliphatic heterocycles. The van der Waals surface area contributed by atoms with Gasteiger partial charge in [0.1, 0.15) is 5.69 Å². The Morgan fingerprint density at radius 3 is 2.82 bits per heavy atom. The van der Waals surface area contributed by atoms with Gasteiger partial charge in [0.2, 0.25) is 0 Å². The maximum Gasteiger partial charge on any atom is 0.198 e. The molecule has 0 bridgehead atoms. The maximum atomic E-state index is 12.2. The van der Waals surface area contributed by atoms with Crippen LogP contribution in [0.1, 0.15) is 36.8 Å². The lowest BCUT2D eigenvalue weighted by Crippen LogP contribution is -2.33. The highest BCUT2D eigenvalue weighted by atomic mass is 79.9. The van der Waals surface area contributed by atoms with E-state index in [1.807, 2.05) is 13.8 Å². The fourth-order valence-electron chi connectivity index (χ4n) is 1.51. The summed E-state index contributed by atoms with van der Waals surface area (Å²) < 4.78 is 7.29. The molecule has 1 atom stereocenters. The molecule has 0 aliphatic carbocycles. The normalized spacial score (nSPS) is 13.1. The number of ether oxygens (including phenoxy) is 1. The molecule has 2 N–H and O–H groups in total. The molecule has 1 aromatic heterocycles. The van der Waals surface area contributed by atoms with E-state index in [1.54, 1.807) is 18.0 Å². The molecule has 1 rings (SSSR count). The van der Waals surface area contributed by atoms with Crippen molar-refractivity contribution in [1.82, 2.24) is 9.78 Å². The third-order valence-electron chi connectivity index (χ3n) is 2.44. The minimum atomic E-state index is -0.555. The Hall–Kier alpha value is -0.720. The van der Waals surface area contributed by atoms with Crippen molar-refractivity contribution in [1.29, 1.82) is 0 Å². The summed E-state index contributed by atoms with van der Waals surface area (Å²) in [6.07, 6.45) is 2.13. The van der Waals surface area contributed by atoms with E-state index in [-0.39, 0.29) is 11.8 Å². The lowest BCUT2D eigenvalue weighted by atomic mass is 10.1. The third kappa shape index (κ3) is 3.37. The molecular weight excluding hydrogens is 286 g/mol. The summed E-state index contributed by atoms with van der Waals surface area (Å²) in [4.78, 5) is 12.2. The molecule has 0 saturated carbocycles. The molecule has 1 heterocycles. The third-order valence-corrected chi connectivity index (χ3v) is 3.02. The molecule has 1 aromatic rings. The zero-order chi connectivity index (χ0) is 13.0. The van der Waals surface area contributed by atoms with Crippen LogP contribution in [0.5, 0.6) is 0 Å². The van der Waals surface area contributed by atoms with Crippen molar-refractivity contribution >= 4 is 21.7 Å². The van der Waals surface area contributed by atoms with Crippen molar-refractivity contribution in [2.75, 3.05) is 13.7 Å². The molecule has 0 spiro atoms. The van der Waals surface area contributed by atoms with E-state index >= 15 is 0 Å². The summed E-state index contributed by atoms with van der Waals surface area (Å²) in [7, 11) is 1.59. The average molecular weight is 304 g/mol. The van der Waals surface area contributed by atoms with Crippen LogP contribution in [-0.2, 0) is 4.74 Å². The number of carbonyl (C=O) groups is 1. The van der Waals surface area contributed by atoms with Gasteiger partial charge in [0, 0.05) is 19.8 Å². The van der Waals surface area contributed by atoms with E-state index in [0.717, 1.165) is 0 Å². The van der Waals surface area contributed by atoms with Crippen LogP contribution in [0.4, 0.5) is 0 Å². The van der Waals surface area contributed by atoms with Gasteiger partial charge in [-0.25, -0.2) is 0 Å². The van der Waals surface area contributed by atoms with Gasteiger partial charge in [-0.1, -0.05) is 0 Å². The van der Waals surface area contributed by atoms with Crippen molar-refractivity contribution in [2.45, 2.75) is 32.4 Å². The Labute approximate surface area is 109 Å². The second-order valence-corrected chi connectivity index (χ2v) is 4.99. The molecule has 1 unspecified atom stereocenters. The number of rotatable bonds is 6. The minimum Gasteiger partial charge on any atom is -0.385 e. The number of nitrogens with zero attached hydrogens (tertiary/aromatic N) is 2. The first kappa shape index (κ1) is 14.3. The topological polar surface area (TPSA) is 70.1 Å². The number of aromatic nitrogens is 2. The van der Waals surface area contributed by atoms with Crippen molar-refractivity contribution < 1.29 is 9.53 Å². The quantitative estimate of drug-likeness (QED) is 0.813.